The highest BCUT2D eigenvalue weighted by Crippen LogP contribution is 2.53. The van der Waals surface area contributed by atoms with Crippen LogP contribution in [0.2, 0.25) is 0 Å². The Morgan fingerprint density at radius 3 is 1.01 bits per heavy atom. The molecule has 4 heterocycles. The van der Waals surface area contributed by atoms with Gasteiger partial charge in [-0.15, -0.1) is 0 Å². The minimum atomic E-state index is -5.39. The molecule has 0 saturated heterocycles. The van der Waals surface area contributed by atoms with Crippen molar-refractivity contribution >= 4 is 111 Å². The number of rotatable bonds is 6. The monoisotopic (exact) mass is 1610 g/mol. The van der Waals surface area contributed by atoms with Gasteiger partial charge in [0.25, 0.3) is 14.3 Å². The van der Waals surface area contributed by atoms with Crippen LogP contribution in [0.3, 0.4) is 0 Å². The van der Waals surface area contributed by atoms with Crippen molar-refractivity contribution in [1.29, 1.82) is 15.8 Å². The van der Waals surface area contributed by atoms with Crippen molar-refractivity contribution < 1.29 is 96.7 Å². The maximum atomic E-state index is 14.6. The number of nitriles is 3. The fraction of sp³-hybridized carbons (Fsp3) is 0.169. The van der Waals surface area contributed by atoms with Crippen molar-refractivity contribution in [1.82, 2.24) is 19.9 Å². The van der Waals surface area contributed by atoms with Gasteiger partial charge in [-0.1, -0.05) is 24.3 Å². The highest BCUT2D eigenvalue weighted by molar-refractivity contribution is 14.1. The fourth-order valence-electron chi connectivity index (χ4n) is 10.8. The van der Waals surface area contributed by atoms with Crippen LogP contribution < -0.4 is 0 Å². The Kier molecular flexibility index (Phi) is 18.6. The van der Waals surface area contributed by atoms with Crippen molar-refractivity contribution in [2.75, 3.05) is 6.54 Å². The molecule has 34 heteroatoms. The van der Waals surface area contributed by atoms with Crippen LogP contribution >= 0.6 is 45.2 Å². The molecule has 0 amide bonds. The van der Waals surface area contributed by atoms with Crippen molar-refractivity contribution in [3.05, 3.63) is 195 Å². The van der Waals surface area contributed by atoms with Gasteiger partial charge in [-0.2, -0.15) is 99.8 Å². The van der Waals surface area contributed by atoms with E-state index in [1.165, 1.54) is 38.1 Å². The number of oxazole rings is 4. The van der Waals surface area contributed by atoms with Crippen molar-refractivity contribution in [2.45, 2.75) is 63.0 Å². The molecule has 0 aliphatic rings. The van der Waals surface area contributed by atoms with Gasteiger partial charge >= 0.3 is 49.1 Å². The molecule has 14 nitrogen and oxygen atoms in total. The second-order valence-electron chi connectivity index (χ2n) is 21.0. The SMILES string of the molecule is Cc1cc(C(F)(F)F)ccc1-c1c2cc3nc(I)oc3c(-c3ccc(C(F)(F)F)cc3C(F)(F)F)c2cc2nc(I)oc12.[C-]#[N+]C([N+]#[C-])c1nc2cc3c(-c4ccc(C(F)(F)F)cc4C)c4oc(C(C#N)C#N)nc4cc3c(-c3ccc(C(F)(F)F)cc3C(F)(F)F)c2o1.[C-]#[N+]CC#N. The summed E-state index contributed by atoms with van der Waals surface area (Å²) in [6, 6.07) is 18.0. The molecule has 99 heavy (non-hydrogen) atoms. The quantitative estimate of drug-likeness (QED) is 0.0667. The zero-order chi connectivity index (χ0) is 72.6. The molecule has 0 radical (unpaired) electrons. The maximum Gasteiger partial charge on any atom is 0.553 e. The van der Waals surface area contributed by atoms with Gasteiger partial charge in [0.2, 0.25) is 11.8 Å². The molecule has 12 aromatic rings. The van der Waals surface area contributed by atoms with E-state index in [9.17, 15) is 89.6 Å². The molecular weight excluding hydrogens is 1580 g/mol. The molecule has 0 aliphatic carbocycles. The summed E-state index contributed by atoms with van der Waals surface area (Å²) in [5, 5.41) is 26.6. The third-order valence-corrected chi connectivity index (χ3v) is 15.8. The number of halogens is 20. The topological polar surface area (TPSA) is 189 Å². The first-order valence-electron chi connectivity index (χ1n) is 27.1. The molecule has 4 aromatic heterocycles. The van der Waals surface area contributed by atoms with Crippen molar-refractivity contribution in [3.63, 3.8) is 0 Å². The standard InChI is InChI=1S/C34H13F9N6O2.C28H11F9I2N2O2.C3H2N2/c1-14-8-16(32(35,36)37)4-6-18(14)25-20-10-24-28(51-31(49-24)29(46-2)47-3)26(19-7-5-17(33(38,39)40)9-22(19)34(41,42)43)21(20)11-23-27(25)50-30(48-23)15(12-44)13-45;1-10-6-11(26(29,30)31)2-4-13(10)20-15-8-19-23(43-25(39)41-19)21(16(15)9-18-22(20)42-24(38)40-18)14-5-3-12(27(32,33)34)7-17(14)28(35,36)37;1-5-3-2-4/h4-11,15,29H,1H3;2-9H,1H3;3H2. The highest BCUT2D eigenvalue weighted by Gasteiger charge is 2.43. The van der Waals surface area contributed by atoms with E-state index >= 15 is 0 Å². The van der Waals surface area contributed by atoms with E-state index in [-0.39, 0.29) is 126 Å². The number of nitrogens with zero attached hydrogens (tertiary/aromatic N) is 10. The van der Waals surface area contributed by atoms with Gasteiger partial charge in [0, 0.05) is 67.4 Å². The number of benzene rings is 8. The van der Waals surface area contributed by atoms with Crippen LogP contribution in [0, 0.1) is 75.4 Å². The number of aromatic nitrogens is 4. The van der Waals surface area contributed by atoms with E-state index in [1.54, 1.807) is 63.4 Å². The first kappa shape index (κ1) is 71.1. The summed E-state index contributed by atoms with van der Waals surface area (Å²) in [5.74, 6) is -2.59. The van der Waals surface area contributed by atoms with Crippen molar-refractivity contribution in [3.8, 4) is 62.7 Å². The van der Waals surface area contributed by atoms with Gasteiger partial charge in [0.05, 0.1) is 45.5 Å². The summed E-state index contributed by atoms with van der Waals surface area (Å²) in [4.78, 5) is 25.8. The van der Waals surface area contributed by atoms with Crippen LogP contribution in [0.5, 0.6) is 0 Å². The van der Waals surface area contributed by atoms with E-state index in [0.717, 1.165) is 42.5 Å². The van der Waals surface area contributed by atoms with E-state index in [1.807, 2.05) is 0 Å². The van der Waals surface area contributed by atoms with Gasteiger partial charge in [-0.3, -0.25) is 0 Å². The first-order chi connectivity index (χ1) is 46.2. The van der Waals surface area contributed by atoms with Crippen LogP contribution in [-0.2, 0) is 37.1 Å². The Balaban J connectivity index is 0.000000203. The Hall–Kier alpha value is -10.7. The predicted octanol–water partition coefficient (Wildman–Crippen LogP) is 22.2. The fourth-order valence-corrected chi connectivity index (χ4v) is 11.8. The molecule has 0 bridgehead atoms. The average molecular weight is 1610 g/mol. The molecule has 500 valence electrons. The Bertz CT molecular complexity index is 5540. The summed E-state index contributed by atoms with van der Waals surface area (Å²) >= 11 is 3.48. The van der Waals surface area contributed by atoms with Gasteiger partial charge in [0.1, 0.15) is 28.1 Å². The molecule has 0 atom stereocenters. The Morgan fingerprint density at radius 1 is 0.414 bits per heavy atom. The molecule has 0 saturated carbocycles. The summed E-state index contributed by atoms with van der Waals surface area (Å²) in [6.07, 6.45) is -31.9. The van der Waals surface area contributed by atoms with Crippen LogP contribution in [-0.4, -0.2) is 26.5 Å². The molecule has 8 aromatic carbocycles. The second-order valence-corrected chi connectivity index (χ2v) is 22.8. The van der Waals surface area contributed by atoms with Crippen LogP contribution in [0.15, 0.2) is 115 Å². The lowest BCUT2D eigenvalue weighted by molar-refractivity contribution is -0.144. The summed E-state index contributed by atoms with van der Waals surface area (Å²) in [5.41, 5.74) is -10.9. The molecule has 0 N–H and O–H groups in total. The van der Waals surface area contributed by atoms with Crippen LogP contribution in [0.1, 0.15) is 68.4 Å². The lowest BCUT2D eigenvalue weighted by Gasteiger charge is -2.19. The van der Waals surface area contributed by atoms with Gasteiger partial charge in [0.15, 0.2) is 22.3 Å². The maximum absolute atomic E-state index is 14.6. The number of aryl methyl sites for hydroxylation is 2. The van der Waals surface area contributed by atoms with E-state index in [2.05, 4.69) is 34.5 Å². The highest BCUT2D eigenvalue weighted by atomic mass is 127. The molecule has 0 unspecified atom stereocenters. The van der Waals surface area contributed by atoms with Crippen LogP contribution in [0.4, 0.5) is 79.0 Å². The molecular formula is C65H26F18I2N10O4. The lowest BCUT2D eigenvalue weighted by atomic mass is 9.87. The number of fused-ring (bicyclic) bond motifs is 6. The average Bonchev–Trinajstić information content (AvgIpc) is 1.70. The zero-order valence-corrected chi connectivity index (χ0v) is 53.1. The van der Waals surface area contributed by atoms with Gasteiger partial charge in [-0.05, 0) is 142 Å². The molecule has 0 spiro atoms. The molecule has 12 rings (SSSR count). The molecule has 0 aliphatic heterocycles. The molecule has 0 fully saturated rings. The second kappa shape index (κ2) is 25.9. The van der Waals surface area contributed by atoms with Gasteiger partial charge < -0.3 is 22.5 Å². The number of hydrogen-bond donors (Lipinski definition) is 0. The number of hydrogen-bond acceptors (Lipinski definition) is 11. The predicted molar refractivity (Wildman–Crippen MR) is 332 cm³/mol. The van der Waals surface area contributed by atoms with Crippen LogP contribution in [0.25, 0.3) is 125 Å². The summed E-state index contributed by atoms with van der Waals surface area (Å²) < 4.78 is 273. The first-order valence-corrected chi connectivity index (χ1v) is 29.3. The third-order valence-electron chi connectivity index (χ3n) is 14.9. The van der Waals surface area contributed by atoms with E-state index < -0.39 is 117 Å². The lowest BCUT2D eigenvalue weighted by Crippen LogP contribution is -2.12. The van der Waals surface area contributed by atoms with Crippen molar-refractivity contribution in [2.24, 2.45) is 0 Å². The van der Waals surface area contributed by atoms with E-state index in [0.29, 0.717) is 18.2 Å². The number of alkyl halides is 18. The third kappa shape index (κ3) is 13.7. The van der Waals surface area contributed by atoms with E-state index in [4.69, 9.17) is 42.6 Å². The Labute approximate surface area is 568 Å². The summed E-state index contributed by atoms with van der Waals surface area (Å²) in [6.45, 7) is 23.4. The Morgan fingerprint density at radius 2 is 0.717 bits per heavy atom. The smallest absolute Gasteiger partial charge is 0.437 e. The minimum absolute atomic E-state index is 0.0113. The van der Waals surface area contributed by atoms with Gasteiger partial charge in [-0.25, -0.2) is 44.4 Å². The summed E-state index contributed by atoms with van der Waals surface area (Å²) in [7, 11) is 0. The largest absolute Gasteiger partial charge is 0.553 e. The minimum Gasteiger partial charge on any atom is -0.437 e. The zero-order valence-electron chi connectivity index (χ0n) is 48.8. The normalized spacial score (nSPS) is 12.3.